The number of rotatable bonds is 6. The quantitative estimate of drug-likeness (QED) is 0.864. The van der Waals surface area contributed by atoms with Crippen molar-refractivity contribution in [3.05, 3.63) is 53.6 Å². The Kier molecular flexibility index (Phi) is 4.74. The third-order valence-corrected chi connectivity index (χ3v) is 3.68. The topological polar surface area (TPSA) is 43.8 Å². The summed E-state index contributed by atoms with van der Waals surface area (Å²) in [4.78, 5) is 4.36. The van der Waals surface area contributed by atoms with E-state index >= 15 is 0 Å². The lowest BCUT2D eigenvalue weighted by molar-refractivity contribution is 0.484. The van der Waals surface area contributed by atoms with E-state index in [1.54, 1.807) is 0 Å². The second kappa shape index (κ2) is 6.53. The molecular formula is C16H23N3. The van der Waals surface area contributed by atoms with Crippen molar-refractivity contribution in [3.63, 3.8) is 0 Å². The van der Waals surface area contributed by atoms with E-state index in [-0.39, 0.29) is 0 Å². The second-order valence-electron chi connectivity index (χ2n) is 5.28. The molecule has 0 saturated carbocycles. The van der Waals surface area contributed by atoms with Crippen LogP contribution in [0.3, 0.4) is 0 Å². The van der Waals surface area contributed by atoms with Crippen LogP contribution in [-0.4, -0.2) is 16.1 Å². The van der Waals surface area contributed by atoms with Crippen molar-refractivity contribution < 1.29 is 0 Å². The van der Waals surface area contributed by atoms with Crippen molar-refractivity contribution in [2.45, 2.75) is 26.2 Å². The van der Waals surface area contributed by atoms with Crippen LogP contribution in [0.25, 0.3) is 0 Å². The van der Waals surface area contributed by atoms with E-state index in [0.29, 0.717) is 5.92 Å². The molecule has 2 aromatic rings. The van der Waals surface area contributed by atoms with Crippen LogP contribution in [0.1, 0.15) is 23.4 Å². The lowest BCUT2D eigenvalue weighted by Crippen LogP contribution is -2.18. The molecule has 1 aromatic carbocycles. The van der Waals surface area contributed by atoms with Gasteiger partial charge in [-0.2, -0.15) is 0 Å². The predicted molar refractivity (Wildman–Crippen MR) is 79.0 cm³/mol. The SMILES string of the molecule is Cc1ccc(CC(CN)CCc2nccn2C)cc1. The third kappa shape index (κ3) is 3.93. The number of hydrogen-bond donors (Lipinski definition) is 1. The van der Waals surface area contributed by atoms with Crippen molar-refractivity contribution in [2.24, 2.45) is 18.7 Å². The van der Waals surface area contributed by atoms with Crippen molar-refractivity contribution >= 4 is 0 Å². The van der Waals surface area contributed by atoms with Crippen LogP contribution >= 0.6 is 0 Å². The summed E-state index contributed by atoms with van der Waals surface area (Å²) in [5, 5.41) is 0. The summed E-state index contributed by atoms with van der Waals surface area (Å²) in [6.45, 7) is 2.85. The highest BCUT2D eigenvalue weighted by atomic mass is 15.0. The molecule has 1 aromatic heterocycles. The first-order valence-electron chi connectivity index (χ1n) is 6.91. The Morgan fingerprint density at radius 2 is 2.00 bits per heavy atom. The summed E-state index contributed by atoms with van der Waals surface area (Å²) in [7, 11) is 2.04. The minimum Gasteiger partial charge on any atom is -0.338 e. The lowest BCUT2D eigenvalue weighted by Gasteiger charge is -2.14. The molecule has 1 atom stereocenters. The first-order valence-corrected chi connectivity index (χ1v) is 6.91. The molecule has 0 radical (unpaired) electrons. The van der Waals surface area contributed by atoms with E-state index in [1.165, 1.54) is 11.1 Å². The lowest BCUT2D eigenvalue weighted by atomic mass is 9.94. The summed E-state index contributed by atoms with van der Waals surface area (Å²) >= 11 is 0. The van der Waals surface area contributed by atoms with Gasteiger partial charge in [0.15, 0.2) is 0 Å². The Hall–Kier alpha value is -1.61. The molecule has 102 valence electrons. The zero-order valence-electron chi connectivity index (χ0n) is 11.8. The van der Waals surface area contributed by atoms with Gasteiger partial charge in [0, 0.05) is 25.9 Å². The molecule has 2 rings (SSSR count). The van der Waals surface area contributed by atoms with Crippen LogP contribution in [-0.2, 0) is 19.9 Å². The molecule has 0 aliphatic heterocycles. The van der Waals surface area contributed by atoms with E-state index in [2.05, 4.69) is 40.7 Å². The van der Waals surface area contributed by atoms with Crippen molar-refractivity contribution in [2.75, 3.05) is 6.54 Å². The first-order chi connectivity index (χ1) is 9.19. The fourth-order valence-corrected chi connectivity index (χ4v) is 2.33. The van der Waals surface area contributed by atoms with E-state index in [0.717, 1.165) is 31.6 Å². The normalized spacial score (nSPS) is 12.6. The van der Waals surface area contributed by atoms with E-state index in [4.69, 9.17) is 5.73 Å². The number of imidazole rings is 1. The maximum Gasteiger partial charge on any atom is 0.108 e. The highest BCUT2D eigenvalue weighted by molar-refractivity contribution is 5.21. The molecule has 0 aliphatic rings. The summed E-state index contributed by atoms with van der Waals surface area (Å²) in [6, 6.07) is 8.75. The summed E-state index contributed by atoms with van der Waals surface area (Å²) in [5.41, 5.74) is 8.58. The van der Waals surface area contributed by atoms with Crippen LogP contribution in [0.4, 0.5) is 0 Å². The van der Waals surface area contributed by atoms with Crippen LogP contribution in [0.5, 0.6) is 0 Å². The smallest absolute Gasteiger partial charge is 0.108 e. The number of aromatic nitrogens is 2. The van der Waals surface area contributed by atoms with Gasteiger partial charge in [-0.05, 0) is 37.8 Å². The van der Waals surface area contributed by atoms with Crippen molar-refractivity contribution in [3.8, 4) is 0 Å². The maximum absolute atomic E-state index is 5.90. The predicted octanol–water partition coefficient (Wildman–Crippen LogP) is 2.48. The van der Waals surface area contributed by atoms with Gasteiger partial charge in [0.25, 0.3) is 0 Å². The summed E-state index contributed by atoms with van der Waals surface area (Å²) in [6.07, 6.45) is 6.99. The van der Waals surface area contributed by atoms with E-state index < -0.39 is 0 Å². The Morgan fingerprint density at radius 3 is 2.58 bits per heavy atom. The average Bonchev–Trinajstić information content (AvgIpc) is 2.82. The Balaban J connectivity index is 1.90. The standard InChI is InChI=1S/C16H23N3/c1-13-3-5-14(6-4-13)11-15(12-17)7-8-16-18-9-10-19(16)2/h3-6,9-10,15H,7-8,11-12,17H2,1-2H3. The highest BCUT2D eigenvalue weighted by Crippen LogP contribution is 2.14. The minimum absolute atomic E-state index is 0.527. The molecule has 3 heteroatoms. The zero-order chi connectivity index (χ0) is 13.7. The average molecular weight is 257 g/mol. The van der Waals surface area contributed by atoms with Gasteiger partial charge in [-0.1, -0.05) is 29.8 Å². The molecule has 0 aliphatic carbocycles. The highest BCUT2D eigenvalue weighted by Gasteiger charge is 2.10. The molecule has 1 heterocycles. The van der Waals surface area contributed by atoms with Crippen LogP contribution in [0.15, 0.2) is 36.7 Å². The van der Waals surface area contributed by atoms with Crippen LogP contribution in [0, 0.1) is 12.8 Å². The molecule has 1 unspecified atom stereocenters. The van der Waals surface area contributed by atoms with Crippen molar-refractivity contribution in [1.29, 1.82) is 0 Å². The molecule has 0 saturated heterocycles. The fraction of sp³-hybridized carbons (Fsp3) is 0.438. The summed E-state index contributed by atoms with van der Waals surface area (Å²) < 4.78 is 2.08. The van der Waals surface area contributed by atoms with Gasteiger partial charge >= 0.3 is 0 Å². The molecule has 2 N–H and O–H groups in total. The maximum atomic E-state index is 5.90. The van der Waals surface area contributed by atoms with Crippen LogP contribution < -0.4 is 5.73 Å². The Bertz CT molecular complexity index is 499. The molecule has 3 nitrogen and oxygen atoms in total. The third-order valence-electron chi connectivity index (χ3n) is 3.68. The van der Waals surface area contributed by atoms with Gasteiger partial charge in [0.1, 0.15) is 5.82 Å². The molecule has 0 amide bonds. The van der Waals surface area contributed by atoms with Gasteiger partial charge in [0.05, 0.1) is 0 Å². The molecular weight excluding hydrogens is 234 g/mol. The van der Waals surface area contributed by atoms with E-state index in [1.807, 2.05) is 19.4 Å². The first kappa shape index (κ1) is 13.8. The van der Waals surface area contributed by atoms with Crippen molar-refractivity contribution in [1.82, 2.24) is 9.55 Å². The Morgan fingerprint density at radius 1 is 1.26 bits per heavy atom. The van der Waals surface area contributed by atoms with Crippen LogP contribution in [0.2, 0.25) is 0 Å². The fourth-order valence-electron chi connectivity index (χ4n) is 2.33. The van der Waals surface area contributed by atoms with E-state index in [9.17, 15) is 0 Å². The molecule has 0 fully saturated rings. The van der Waals surface area contributed by atoms with Gasteiger partial charge in [-0.15, -0.1) is 0 Å². The van der Waals surface area contributed by atoms with Gasteiger partial charge in [0.2, 0.25) is 0 Å². The molecule has 19 heavy (non-hydrogen) atoms. The number of hydrogen-bond acceptors (Lipinski definition) is 2. The molecule has 0 spiro atoms. The summed E-state index contributed by atoms with van der Waals surface area (Å²) in [5.74, 6) is 1.67. The number of aryl methyl sites for hydroxylation is 3. The zero-order valence-corrected chi connectivity index (χ0v) is 11.8. The van der Waals surface area contributed by atoms with Gasteiger partial charge in [-0.3, -0.25) is 0 Å². The Labute approximate surface area is 115 Å². The number of nitrogens with two attached hydrogens (primary N) is 1. The minimum atomic E-state index is 0.527. The second-order valence-corrected chi connectivity index (χ2v) is 5.28. The number of nitrogens with zero attached hydrogens (tertiary/aromatic N) is 2. The number of benzene rings is 1. The monoisotopic (exact) mass is 257 g/mol. The van der Waals surface area contributed by atoms with Gasteiger partial charge in [-0.25, -0.2) is 4.98 Å². The largest absolute Gasteiger partial charge is 0.338 e. The molecule has 0 bridgehead atoms. The van der Waals surface area contributed by atoms with Gasteiger partial charge < -0.3 is 10.3 Å².